The van der Waals surface area contributed by atoms with Crippen molar-refractivity contribution in [3.05, 3.63) is 0 Å². The number of rotatable bonds is 1. The summed E-state index contributed by atoms with van der Waals surface area (Å²) in [5.74, 6) is 1.86. The van der Waals surface area contributed by atoms with Crippen molar-refractivity contribution in [3.63, 3.8) is 0 Å². The molecule has 0 aromatic carbocycles. The Kier molecular flexibility index (Phi) is 2.29. The standard InChI is InChI=1S/C12H20O2/c1-8-6-10(4-5-13-8)9-2-3-11-12(7-9)14-11/h8-12H,2-7H2,1H3. The Labute approximate surface area is 86.0 Å². The third-order valence-corrected chi connectivity index (χ3v) is 4.24. The Morgan fingerprint density at radius 2 is 1.79 bits per heavy atom. The van der Waals surface area contributed by atoms with Gasteiger partial charge in [-0.15, -0.1) is 0 Å². The fourth-order valence-electron chi connectivity index (χ4n) is 3.32. The quantitative estimate of drug-likeness (QED) is 0.600. The van der Waals surface area contributed by atoms with Crippen LogP contribution in [-0.4, -0.2) is 24.9 Å². The van der Waals surface area contributed by atoms with Gasteiger partial charge in [0, 0.05) is 6.61 Å². The van der Waals surface area contributed by atoms with Gasteiger partial charge in [-0.2, -0.15) is 0 Å². The van der Waals surface area contributed by atoms with Crippen molar-refractivity contribution in [2.75, 3.05) is 6.61 Å². The van der Waals surface area contributed by atoms with Crippen LogP contribution in [0, 0.1) is 11.8 Å². The minimum Gasteiger partial charge on any atom is -0.378 e. The van der Waals surface area contributed by atoms with Crippen LogP contribution in [0.1, 0.15) is 39.0 Å². The van der Waals surface area contributed by atoms with Crippen molar-refractivity contribution < 1.29 is 9.47 Å². The zero-order chi connectivity index (χ0) is 9.54. The fraction of sp³-hybridized carbons (Fsp3) is 1.00. The second kappa shape index (κ2) is 3.49. The van der Waals surface area contributed by atoms with Crippen LogP contribution in [0.3, 0.4) is 0 Å². The third-order valence-electron chi connectivity index (χ3n) is 4.24. The number of hydrogen-bond acceptors (Lipinski definition) is 2. The Balaban J connectivity index is 1.58. The van der Waals surface area contributed by atoms with Gasteiger partial charge in [-0.1, -0.05) is 0 Å². The highest BCUT2D eigenvalue weighted by molar-refractivity contribution is 4.94. The first-order chi connectivity index (χ1) is 6.83. The summed E-state index contributed by atoms with van der Waals surface area (Å²) in [4.78, 5) is 0. The highest BCUT2D eigenvalue weighted by Crippen LogP contribution is 2.44. The van der Waals surface area contributed by atoms with E-state index in [1.54, 1.807) is 0 Å². The molecule has 3 fully saturated rings. The van der Waals surface area contributed by atoms with Crippen LogP contribution in [0.2, 0.25) is 0 Å². The lowest BCUT2D eigenvalue weighted by molar-refractivity contribution is -0.0156. The minimum atomic E-state index is 0.492. The van der Waals surface area contributed by atoms with Crippen LogP contribution in [-0.2, 0) is 9.47 Å². The fourth-order valence-corrected chi connectivity index (χ4v) is 3.32. The summed E-state index contributed by atoms with van der Waals surface area (Å²) in [6.45, 7) is 3.20. The van der Waals surface area contributed by atoms with E-state index >= 15 is 0 Å². The molecule has 2 aliphatic heterocycles. The second-order valence-electron chi connectivity index (χ2n) is 5.25. The van der Waals surface area contributed by atoms with E-state index in [-0.39, 0.29) is 0 Å². The first kappa shape index (κ1) is 9.17. The SMILES string of the molecule is CC1CC(C2CCC3OC3C2)CCO1. The van der Waals surface area contributed by atoms with E-state index < -0.39 is 0 Å². The molecule has 2 nitrogen and oxygen atoms in total. The molecule has 5 atom stereocenters. The average Bonchev–Trinajstić information content (AvgIpc) is 2.95. The van der Waals surface area contributed by atoms with Gasteiger partial charge in [0.2, 0.25) is 0 Å². The number of fused-ring (bicyclic) bond motifs is 1. The van der Waals surface area contributed by atoms with E-state index in [1.807, 2.05) is 0 Å². The number of hydrogen-bond donors (Lipinski definition) is 0. The van der Waals surface area contributed by atoms with E-state index in [2.05, 4.69) is 6.92 Å². The van der Waals surface area contributed by atoms with E-state index in [4.69, 9.17) is 9.47 Å². The minimum absolute atomic E-state index is 0.492. The Morgan fingerprint density at radius 1 is 0.929 bits per heavy atom. The zero-order valence-electron chi connectivity index (χ0n) is 8.95. The van der Waals surface area contributed by atoms with Gasteiger partial charge >= 0.3 is 0 Å². The van der Waals surface area contributed by atoms with E-state index in [0.717, 1.165) is 18.4 Å². The summed E-state index contributed by atoms with van der Waals surface area (Å²) in [5, 5.41) is 0. The normalized spacial score (nSPS) is 52.5. The number of ether oxygens (including phenoxy) is 2. The molecule has 0 spiro atoms. The Bertz CT molecular complexity index is 212. The molecule has 2 saturated heterocycles. The van der Waals surface area contributed by atoms with Crippen molar-refractivity contribution in [1.29, 1.82) is 0 Å². The van der Waals surface area contributed by atoms with Gasteiger partial charge in [-0.3, -0.25) is 0 Å². The van der Waals surface area contributed by atoms with Crippen LogP contribution in [0.5, 0.6) is 0 Å². The van der Waals surface area contributed by atoms with Crippen molar-refractivity contribution in [2.24, 2.45) is 11.8 Å². The molecule has 0 aromatic rings. The van der Waals surface area contributed by atoms with Crippen LogP contribution >= 0.6 is 0 Å². The van der Waals surface area contributed by atoms with Gasteiger partial charge in [0.05, 0.1) is 18.3 Å². The van der Waals surface area contributed by atoms with Gasteiger partial charge in [0.25, 0.3) is 0 Å². The average molecular weight is 196 g/mol. The van der Waals surface area contributed by atoms with Crippen LogP contribution < -0.4 is 0 Å². The van der Waals surface area contributed by atoms with E-state index in [0.29, 0.717) is 18.3 Å². The molecular formula is C12H20O2. The molecule has 14 heavy (non-hydrogen) atoms. The van der Waals surface area contributed by atoms with Gasteiger partial charge < -0.3 is 9.47 Å². The highest BCUT2D eigenvalue weighted by Gasteiger charge is 2.45. The van der Waals surface area contributed by atoms with Gasteiger partial charge in [-0.05, 0) is 50.9 Å². The summed E-state index contributed by atoms with van der Waals surface area (Å²) in [7, 11) is 0. The molecule has 0 radical (unpaired) electrons. The third kappa shape index (κ3) is 1.70. The maximum Gasteiger partial charge on any atom is 0.0844 e. The lowest BCUT2D eigenvalue weighted by Gasteiger charge is -2.34. The maximum atomic E-state index is 5.60. The van der Waals surface area contributed by atoms with E-state index in [9.17, 15) is 0 Å². The van der Waals surface area contributed by atoms with Crippen molar-refractivity contribution >= 4 is 0 Å². The summed E-state index contributed by atoms with van der Waals surface area (Å²) < 4.78 is 11.2. The van der Waals surface area contributed by atoms with E-state index in [1.165, 1.54) is 32.1 Å². The second-order valence-corrected chi connectivity index (χ2v) is 5.25. The molecule has 1 aliphatic carbocycles. The summed E-state index contributed by atoms with van der Waals surface area (Å²) in [6.07, 6.45) is 8.41. The highest BCUT2D eigenvalue weighted by atomic mass is 16.6. The predicted molar refractivity (Wildman–Crippen MR) is 54.1 cm³/mol. The van der Waals surface area contributed by atoms with Crippen LogP contribution in [0.25, 0.3) is 0 Å². The van der Waals surface area contributed by atoms with Crippen molar-refractivity contribution in [1.82, 2.24) is 0 Å². The predicted octanol–water partition coefficient (Wildman–Crippen LogP) is 2.37. The molecule has 2 heteroatoms. The topological polar surface area (TPSA) is 21.8 Å². The molecule has 3 aliphatic rings. The molecule has 0 aromatic heterocycles. The van der Waals surface area contributed by atoms with Gasteiger partial charge in [0.15, 0.2) is 0 Å². The van der Waals surface area contributed by atoms with Crippen LogP contribution in [0.4, 0.5) is 0 Å². The van der Waals surface area contributed by atoms with Gasteiger partial charge in [0.1, 0.15) is 0 Å². The summed E-state index contributed by atoms with van der Waals surface area (Å²) in [6, 6.07) is 0. The molecule has 1 saturated carbocycles. The molecular weight excluding hydrogens is 176 g/mol. The first-order valence-corrected chi connectivity index (χ1v) is 6.10. The first-order valence-electron chi connectivity index (χ1n) is 6.10. The Morgan fingerprint density at radius 3 is 2.57 bits per heavy atom. The molecule has 0 N–H and O–H groups in total. The largest absolute Gasteiger partial charge is 0.378 e. The zero-order valence-corrected chi connectivity index (χ0v) is 8.95. The molecule has 0 amide bonds. The molecule has 5 unspecified atom stereocenters. The van der Waals surface area contributed by atoms with Crippen molar-refractivity contribution in [2.45, 2.75) is 57.3 Å². The summed E-state index contributed by atoms with van der Waals surface area (Å²) in [5.41, 5.74) is 0. The van der Waals surface area contributed by atoms with Crippen molar-refractivity contribution in [3.8, 4) is 0 Å². The maximum absolute atomic E-state index is 5.60. The smallest absolute Gasteiger partial charge is 0.0844 e. The lowest BCUT2D eigenvalue weighted by atomic mass is 9.76. The number of epoxide rings is 1. The molecule has 2 heterocycles. The Hall–Kier alpha value is -0.0800. The van der Waals surface area contributed by atoms with Gasteiger partial charge in [-0.25, -0.2) is 0 Å². The molecule has 3 rings (SSSR count). The van der Waals surface area contributed by atoms with Crippen LogP contribution in [0.15, 0.2) is 0 Å². The molecule has 0 bridgehead atoms. The monoisotopic (exact) mass is 196 g/mol. The summed E-state index contributed by atoms with van der Waals surface area (Å²) >= 11 is 0. The lowest BCUT2D eigenvalue weighted by Crippen LogP contribution is -2.30. The molecule has 80 valence electrons.